The molecule has 0 radical (unpaired) electrons. The van der Waals surface area contributed by atoms with Crippen molar-refractivity contribution in [1.29, 1.82) is 0 Å². The van der Waals surface area contributed by atoms with Gasteiger partial charge < -0.3 is 11.1 Å². The number of carbonyl (C=O) groups is 1. The van der Waals surface area contributed by atoms with Crippen molar-refractivity contribution in [2.75, 3.05) is 0 Å². The largest absolute Gasteiger partial charge is 0.348 e. The van der Waals surface area contributed by atoms with E-state index in [1.165, 1.54) is 0 Å². The van der Waals surface area contributed by atoms with Crippen LogP contribution >= 0.6 is 23.2 Å². The van der Waals surface area contributed by atoms with Crippen molar-refractivity contribution in [3.05, 3.63) is 69.2 Å². The van der Waals surface area contributed by atoms with Gasteiger partial charge in [-0.15, -0.1) is 0 Å². The van der Waals surface area contributed by atoms with E-state index in [0.717, 1.165) is 11.1 Å². The molecule has 0 unspecified atom stereocenters. The second-order valence-corrected chi connectivity index (χ2v) is 5.17. The maximum absolute atomic E-state index is 12.0. The Morgan fingerprint density at radius 2 is 1.70 bits per heavy atom. The van der Waals surface area contributed by atoms with Crippen LogP contribution in [0.1, 0.15) is 21.5 Å². The molecule has 0 atom stereocenters. The van der Waals surface area contributed by atoms with Gasteiger partial charge in [0, 0.05) is 18.1 Å². The van der Waals surface area contributed by atoms with Gasteiger partial charge in [0.05, 0.1) is 10.6 Å². The molecule has 0 heterocycles. The van der Waals surface area contributed by atoms with Crippen LogP contribution in [0.5, 0.6) is 0 Å². The number of rotatable bonds is 4. The number of hydrogen-bond acceptors (Lipinski definition) is 2. The summed E-state index contributed by atoms with van der Waals surface area (Å²) in [5, 5.41) is 3.66. The van der Waals surface area contributed by atoms with E-state index in [1.54, 1.807) is 18.2 Å². The first-order chi connectivity index (χ1) is 9.60. The molecule has 0 bridgehead atoms. The molecular weight excluding hydrogens is 295 g/mol. The van der Waals surface area contributed by atoms with E-state index in [2.05, 4.69) is 5.32 Å². The standard InChI is InChI=1S/C15H14Cl2N2O/c16-12-5-6-13(14(17)7-12)15(20)19-9-11-3-1-10(8-18)2-4-11/h1-7H,8-9,18H2,(H,19,20). The fourth-order valence-electron chi connectivity index (χ4n) is 1.74. The first-order valence-electron chi connectivity index (χ1n) is 6.11. The summed E-state index contributed by atoms with van der Waals surface area (Å²) in [6.07, 6.45) is 0. The third-order valence-electron chi connectivity index (χ3n) is 2.89. The molecule has 104 valence electrons. The Morgan fingerprint density at radius 3 is 2.30 bits per heavy atom. The molecule has 2 aromatic rings. The zero-order chi connectivity index (χ0) is 14.5. The van der Waals surface area contributed by atoms with Gasteiger partial charge in [0.25, 0.3) is 5.91 Å². The smallest absolute Gasteiger partial charge is 0.253 e. The summed E-state index contributed by atoms with van der Waals surface area (Å²) in [7, 11) is 0. The van der Waals surface area contributed by atoms with Crippen molar-refractivity contribution < 1.29 is 4.79 Å². The molecule has 0 spiro atoms. The number of halogens is 2. The van der Waals surface area contributed by atoms with Gasteiger partial charge in [0.15, 0.2) is 0 Å². The van der Waals surface area contributed by atoms with Gasteiger partial charge in [-0.05, 0) is 29.3 Å². The highest BCUT2D eigenvalue weighted by atomic mass is 35.5. The highest BCUT2D eigenvalue weighted by molar-refractivity contribution is 6.36. The maximum Gasteiger partial charge on any atom is 0.253 e. The van der Waals surface area contributed by atoms with E-state index in [-0.39, 0.29) is 5.91 Å². The lowest BCUT2D eigenvalue weighted by atomic mass is 10.1. The number of amides is 1. The first-order valence-corrected chi connectivity index (χ1v) is 6.87. The second kappa shape index (κ2) is 6.75. The van der Waals surface area contributed by atoms with Crippen molar-refractivity contribution in [2.24, 2.45) is 5.73 Å². The predicted molar refractivity (Wildman–Crippen MR) is 82.0 cm³/mol. The summed E-state index contributed by atoms with van der Waals surface area (Å²) in [4.78, 5) is 12.0. The lowest BCUT2D eigenvalue weighted by Crippen LogP contribution is -2.23. The Balaban J connectivity index is 2.00. The van der Waals surface area contributed by atoms with Crippen LogP contribution in [0.2, 0.25) is 10.0 Å². The molecule has 20 heavy (non-hydrogen) atoms. The zero-order valence-corrected chi connectivity index (χ0v) is 12.2. The van der Waals surface area contributed by atoms with Crippen LogP contribution in [0.4, 0.5) is 0 Å². The third-order valence-corrected chi connectivity index (χ3v) is 3.44. The minimum Gasteiger partial charge on any atom is -0.348 e. The maximum atomic E-state index is 12.0. The fourth-order valence-corrected chi connectivity index (χ4v) is 2.24. The van der Waals surface area contributed by atoms with Crippen molar-refractivity contribution in [3.8, 4) is 0 Å². The van der Waals surface area contributed by atoms with Crippen LogP contribution in [0.3, 0.4) is 0 Å². The molecule has 0 aliphatic carbocycles. The van der Waals surface area contributed by atoms with Gasteiger partial charge in [-0.3, -0.25) is 4.79 Å². The molecule has 2 rings (SSSR count). The number of carbonyl (C=O) groups excluding carboxylic acids is 1. The van der Waals surface area contributed by atoms with Crippen LogP contribution in [-0.4, -0.2) is 5.91 Å². The van der Waals surface area contributed by atoms with Gasteiger partial charge >= 0.3 is 0 Å². The molecule has 0 aliphatic heterocycles. The predicted octanol–water partition coefficient (Wildman–Crippen LogP) is 3.38. The number of benzene rings is 2. The normalized spacial score (nSPS) is 10.3. The van der Waals surface area contributed by atoms with Crippen molar-refractivity contribution in [2.45, 2.75) is 13.1 Å². The fraction of sp³-hybridized carbons (Fsp3) is 0.133. The summed E-state index contributed by atoms with van der Waals surface area (Å²) in [5.41, 5.74) is 8.00. The molecule has 2 aromatic carbocycles. The molecule has 3 nitrogen and oxygen atoms in total. The highest BCUT2D eigenvalue weighted by Gasteiger charge is 2.10. The lowest BCUT2D eigenvalue weighted by Gasteiger charge is -2.07. The van der Waals surface area contributed by atoms with Gasteiger partial charge in [-0.1, -0.05) is 47.5 Å². The summed E-state index contributed by atoms with van der Waals surface area (Å²) in [5.74, 6) is -0.227. The summed E-state index contributed by atoms with van der Waals surface area (Å²) < 4.78 is 0. The Morgan fingerprint density at radius 1 is 1.05 bits per heavy atom. The second-order valence-electron chi connectivity index (χ2n) is 4.33. The number of nitrogens with two attached hydrogens (primary N) is 1. The third kappa shape index (κ3) is 3.73. The first kappa shape index (κ1) is 14.9. The highest BCUT2D eigenvalue weighted by Crippen LogP contribution is 2.20. The van der Waals surface area contributed by atoms with E-state index in [1.807, 2.05) is 24.3 Å². The monoisotopic (exact) mass is 308 g/mol. The Labute approximate surface area is 127 Å². The Hall–Kier alpha value is -1.55. The van der Waals surface area contributed by atoms with Crippen LogP contribution < -0.4 is 11.1 Å². The van der Waals surface area contributed by atoms with Gasteiger partial charge in [0.2, 0.25) is 0 Å². The van der Waals surface area contributed by atoms with E-state index in [0.29, 0.717) is 28.7 Å². The minimum absolute atomic E-state index is 0.227. The van der Waals surface area contributed by atoms with Crippen molar-refractivity contribution in [3.63, 3.8) is 0 Å². The Kier molecular flexibility index (Phi) is 5.01. The van der Waals surface area contributed by atoms with E-state index >= 15 is 0 Å². The molecule has 0 aliphatic rings. The van der Waals surface area contributed by atoms with Crippen LogP contribution in [-0.2, 0) is 13.1 Å². The lowest BCUT2D eigenvalue weighted by molar-refractivity contribution is 0.0951. The molecule has 0 saturated heterocycles. The van der Waals surface area contributed by atoms with Gasteiger partial charge in [-0.2, -0.15) is 0 Å². The summed E-state index contributed by atoms with van der Waals surface area (Å²) >= 11 is 11.8. The summed E-state index contributed by atoms with van der Waals surface area (Å²) in [6.45, 7) is 0.940. The van der Waals surface area contributed by atoms with E-state index < -0.39 is 0 Å². The van der Waals surface area contributed by atoms with Crippen LogP contribution in [0.25, 0.3) is 0 Å². The molecule has 0 fully saturated rings. The number of nitrogens with one attached hydrogen (secondary N) is 1. The molecule has 0 saturated carbocycles. The van der Waals surface area contributed by atoms with Crippen molar-refractivity contribution in [1.82, 2.24) is 5.32 Å². The van der Waals surface area contributed by atoms with Gasteiger partial charge in [-0.25, -0.2) is 0 Å². The average molecular weight is 309 g/mol. The topological polar surface area (TPSA) is 55.1 Å². The zero-order valence-electron chi connectivity index (χ0n) is 10.7. The number of hydrogen-bond donors (Lipinski definition) is 2. The minimum atomic E-state index is -0.227. The van der Waals surface area contributed by atoms with Crippen LogP contribution in [0, 0.1) is 0 Å². The molecule has 3 N–H and O–H groups in total. The van der Waals surface area contributed by atoms with E-state index in [4.69, 9.17) is 28.9 Å². The van der Waals surface area contributed by atoms with Gasteiger partial charge in [0.1, 0.15) is 0 Å². The molecule has 0 aromatic heterocycles. The van der Waals surface area contributed by atoms with Crippen molar-refractivity contribution >= 4 is 29.1 Å². The Bertz CT molecular complexity index is 612. The quantitative estimate of drug-likeness (QED) is 0.909. The average Bonchev–Trinajstić information content (AvgIpc) is 2.45. The molecule has 5 heteroatoms. The summed E-state index contributed by atoms with van der Waals surface area (Å²) in [6, 6.07) is 12.6. The molecule has 1 amide bonds. The molecular formula is C15H14Cl2N2O. The SMILES string of the molecule is NCc1ccc(CNC(=O)c2ccc(Cl)cc2Cl)cc1. The van der Waals surface area contributed by atoms with Crippen LogP contribution in [0.15, 0.2) is 42.5 Å². The van der Waals surface area contributed by atoms with E-state index in [9.17, 15) is 4.79 Å².